The lowest BCUT2D eigenvalue weighted by Crippen LogP contribution is -2.16. The van der Waals surface area contributed by atoms with Gasteiger partial charge in [0.25, 0.3) is 0 Å². The lowest BCUT2D eigenvalue weighted by Gasteiger charge is -2.16. The van der Waals surface area contributed by atoms with Crippen LogP contribution >= 0.6 is 0 Å². The van der Waals surface area contributed by atoms with Gasteiger partial charge < -0.3 is 9.47 Å². The number of fused-ring (bicyclic) bond motifs is 2. The molecule has 3 rings (SSSR count). The molecule has 2 aliphatic heterocycles. The molecule has 3 atom stereocenters. The molecule has 2 heterocycles. The van der Waals surface area contributed by atoms with Gasteiger partial charge in [0.2, 0.25) is 0 Å². The van der Waals surface area contributed by atoms with E-state index in [2.05, 4.69) is 19.6 Å². The van der Waals surface area contributed by atoms with E-state index in [1.165, 1.54) is 5.57 Å². The van der Waals surface area contributed by atoms with Crippen LogP contribution in [0.2, 0.25) is 0 Å². The Morgan fingerprint density at radius 3 is 2.62 bits per heavy atom. The van der Waals surface area contributed by atoms with E-state index in [-0.39, 0.29) is 30.1 Å². The summed E-state index contributed by atoms with van der Waals surface area (Å²) in [5.41, 5.74) is 3.67. The van der Waals surface area contributed by atoms with Gasteiger partial charge in [0, 0.05) is 23.5 Å². The van der Waals surface area contributed by atoms with Gasteiger partial charge in [-0.25, -0.2) is 9.59 Å². The van der Waals surface area contributed by atoms with Gasteiger partial charge in [-0.05, 0) is 51.7 Å². The average Bonchev–Trinajstić information content (AvgIpc) is 2.97. The molecule has 1 saturated heterocycles. The van der Waals surface area contributed by atoms with E-state index in [9.17, 15) is 9.59 Å². The third kappa shape index (κ3) is 3.53. The molecule has 0 radical (unpaired) electrons. The van der Waals surface area contributed by atoms with Gasteiger partial charge in [-0.15, -0.1) is 0 Å². The maximum Gasteiger partial charge on any atom is 0.334 e. The standard InChI is InChI=1S/C20H24O4/c1-12-5-4-6-15-11-16(23-20(15)22)9-13(2)10-18-17(8-7-12)14(3)19(21)24-18/h5,10-11,16-18H,3-4,6-9H2,1-2H3/b12-5-,13-10-/t16-,17+,18+/m1/s1. The van der Waals surface area contributed by atoms with E-state index in [1.54, 1.807) is 0 Å². The molecule has 0 N–H and O–H groups in total. The first-order chi connectivity index (χ1) is 11.4. The van der Waals surface area contributed by atoms with E-state index in [1.807, 2.05) is 19.1 Å². The van der Waals surface area contributed by atoms with E-state index < -0.39 is 0 Å². The van der Waals surface area contributed by atoms with E-state index >= 15 is 0 Å². The Morgan fingerprint density at radius 2 is 1.83 bits per heavy atom. The Kier molecular flexibility index (Phi) is 4.74. The minimum atomic E-state index is -0.297. The fourth-order valence-electron chi connectivity index (χ4n) is 3.57. The molecule has 4 heteroatoms. The summed E-state index contributed by atoms with van der Waals surface area (Å²) in [6, 6.07) is 0. The highest BCUT2D eigenvalue weighted by molar-refractivity contribution is 5.91. The molecule has 2 bridgehead atoms. The third-order valence-electron chi connectivity index (χ3n) is 4.99. The van der Waals surface area contributed by atoms with Gasteiger partial charge in [-0.1, -0.05) is 23.8 Å². The fraction of sp³-hybridized carbons (Fsp3) is 0.500. The monoisotopic (exact) mass is 328 g/mol. The fourth-order valence-corrected chi connectivity index (χ4v) is 3.57. The molecule has 24 heavy (non-hydrogen) atoms. The van der Waals surface area contributed by atoms with Crippen molar-refractivity contribution in [2.24, 2.45) is 5.92 Å². The Balaban J connectivity index is 1.86. The van der Waals surface area contributed by atoms with Crippen LogP contribution in [0.15, 0.2) is 47.1 Å². The van der Waals surface area contributed by atoms with Crippen molar-refractivity contribution in [2.45, 2.75) is 58.2 Å². The van der Waals surface area contributed by atoms with Crippen LogP contribution in [0.25, 0.3) is 0 Å². The van der Waals surface area contributed by atoms with Crippen molar-refractivity contribution in [1.82, 2.24) is 0 Å². The Bertz CT molecular complexity index is 665. The lowest BCUT2D eigenvalue weighted by molar-refractivity contribution is -0.139. The Morgan fingerprint density at radius 1 is 1.04 bits per heavy atom. The molecule has 0 saturated carbocycles. The maximum atomic E-state index is 11.9. The number of ether oxygens (including phenoxy) is 2. The highest BCUT2D eigenvalue weighted by Gasteiger charge is 2.37. The average molecular weight is 328 g/mol. The number of rotatable bonds is 0. The van der Waals surface area contributed by atoms with Crippen LogP contribution < -0.4 is 0 Å². The van der Waals surface area contributed by atoms with Crippen molar-refractivity contribution in [3.63, 3.8) is 0 Å². The molecule has 4 nitrogen and oxygen atoms in total. The smallest absolute Gasteiger partial charge is 0.334 e. The summed E-state index contributed by atoms with van der Waals surface area (Å²) >= 11 is 0. The molecule has 0 aromatic heterocycles. The topological polar surface area (TPSA) is 52.6 Å². The summed E-state index contributed by atoms with van der Waals surface area (Å²) in [4.78, 5) is 23.8. The second-order valence-corrected chi connectivity index (χ2v) is 6.98. The third-order valence-corrected chi connectivity index (χ3v) is 4.99. The van der Waals surface area contributed by atoms with E-state index in [0.717, 1.165) is 36.8 Å². The summed E-state index contributed by atoms with van der Waals surface area (Å²) < 4.78 is 10.9. The normalized spacial score (nSPS) is 35.7. The molecule has 3 aliphatic rings. The summed E-state index contributed by atoms with van der Waals surface area (Å²) in [7, 11) is 0. The number of hydrogen-bond donors (Lipinski definition) is 0. The maximum absolute atomic E-state index is 11.9. The summed E-state index contributed by atoms with van der Waals surface area (Å²) in [5.74, 6) is -0.474. The molecular formula is C20H24O4. The summed E-state index contributed by atoms with van der Waals surface area (Å²) in [5, 5.41) is 0. The molecule has 1 fully saturated rings. The van der Waals surface area contributed by atoms with Gasteiger partial charge in [0.1, 0.15) is 12.2 Å². The number of hydrogen-bond acceptors (Lipinski definition) is 4. The lowest BCUT2D eigenvalue weighted by atomic mass is 9.89. The Labute approximate surface area is 142 Å². The van der Waals surface area contributed by atoms with Gasteiger partial charge in [0.05, 0.1) is 0 Å². The SMILES string of the molecule is C=C1C(=O)O[C@H]2/C=C(/C)C[C@@H]3C=C(CC/C=C(/C)CC[C@@H]12)C(=O)O3. The molecule has 0 amide bonds. The zero-order chi connectivity index (χ0) is 17.3. The number of allylic oxidation sites excluding steroid dienone is 2. The van der Waals surface area contributed by atoms with Crippen LogP contribution in [-0.4, -0.2) is 24.1 Å². The number of carbonyl (C=O) groups excluding carboxylic acids is 2. The predicted molar refractivity (Wildman–Crippen MR) is 91.1 cm³/mol. The van der Waals surface area contributed by atoms with Crippen molar-refractivity contribution in [3.8, 4) is 0 Å². The zero-order valence-electron chi connectivity index (χ0n) is 14.3. The van der Waals surface area contributed by atoms with Crippen molar-refractivity contribution in [3.05, 3.63) is 47.1 Å². The highest BCUT2D eigenvalue weighted by Crippen LogP contribution is 2.34. The second-order valence-electron chi connectivity index (χ2n) is 6.98. The van der Waals surface area contributed by atoms with Crippen molar-refractivity contribution in [2.75, 3.05) is 0 Å². The van der Waals surface area contributed by atoms with Crippen LogP contribution in [0.4, 0.5) is 0 Å². The zero-order valence-corrected chi connectivity index (χ0v) is 14.3. The van der Waals surface area contributed by atoms with Crippen LogP contribution in [0.1, 0.15) is 46.0 Å². The molecule has 0 aromatic rings. The van der Waals surface area contributed by atoms with Crippen molar-refractivity contribution < 1.29 is 19.1 Å². The molecule has 128 valence electrons. The molecule has 0 aromatic carbocycles. The first kappa shape index (κ1) is 16.7. The summed E-state index contributed by atoms with van der Waals surface area (Å²) in [6.45, 7) is 8.00. The first-order valence-electron chi connectivity index (χ1n) is 8.58. The van der Waals surface area contributed by atoms with Gasteiger partial charge in [-0.2, -0.15) is 0 Å². The van der Waals surface area contributed by atoms with Gasteiger partial charge in [0.15, 0.2) is 0 Å². The van der Waals surface area contributed by atoms with Crippen LogP contribution in [0.3, 0.4) is 0 Å². The number of carbonyl (C=O) groups is 2. The van der Waals surface area contributed by atoms with Crippen LogP contribution in [-0.2, 0) is 19.1 Å². The minimum absolute atomic E-state index is 0.0240. The van der Waals surface area contributed by atoms with E-state index in [4.69, 9.17) is 9.47 Å². The van der Waals surface area contributed by atoms with Gasteiger partial charge in [-0.3, -0.25) is 0 Å². The van der Waals surface area contributed by atoms with Crippen molar-refractivity contribution >= 4 is 11.9 Å². The highest BCUT2D eigenvalue weighted by atomic mass is 16.6. The van der Waals surface area contributed by atoms with Gasteiger partial charge >= 0.3 is 11.9 Å². The predicted octanol–water partition coefficient (Wildman–Crippen LogP) is 3.79. The molecule has 0 unspecified atom stereocenters. The van der Waals surface area contributed by atoms with Crippen molar-refractivity contribution in [1.29, 1.82) is 0 Å². The van der Waals surface area contributed by atoms with Crippen LogP contribution in [0.5, 0.6) is 0 Å². The minimum Gasteiger partial charge on any atom is -0.454 e. The second kappa shape index (κ2) is 6.80. The largest absolute Gasteiger partial charge is 0.454 e. The van der Waals surface area contributed by atoms with Crippen LogP contribution in [0, 0.1) is 5.92 Å². The quantitative estimate of drug-likeness (QED) is 0.386. The molecular weight excluding hydrogens is 304 g/mol. The molecule has 1 aliphatic carbocycles. The molecule has 0 spiro atoms. The first-order valence-corrected chi connectivity index (χ1v) is 8.58. The van der Waals surface area contributed by atoms with E-state index in [0.29, 0.717) is 12.0 Å². The summed E-state index contributed by atoms with van der Waals surface area (Å²) in [6.07, 6.45) is 9.56. The number of esters is 2. The Hall–Kier alpha value is -2.10.